The summed E-state index contributed by atoms with van der Waals surface area (Å²) < 4.78 is 10.8. The van der Waals surface area contributed by atoms with Crippen LogP contribution < -0.4 is 14.8 Å². The Morgan fingerprint density at radius 3 is 2.59 bits per heavy atom. The molecule has 1 unspecified atom stereocenters. The average molecular weight is 369 g/mol. The molecule has 0 aliphatic carbocycles. The first-order valence-electron chi connectivity index (χ1n) is 9.31. The zero-order chi connectivity index (χ0) is 19.4. The number of carbonyl (C=O) groups is 1. The van der Waals surface area contributed by atoms with Gasteiger partial charge in [0.1, 0.15) is 5.82 Å². The van der Waals surface area contributed by atoms with Crippen LogP contribution in [0.1, 0.15) is 41.8 Å². The van der Waals surface area contributed by atoms with Crippen molar-refractivity contribution in [3.8, 4) is 11.5 Å². The maximum atomic E-state index is 13.0. The van der Waals surface area contributed by atoms with Gasteiger partial charge in [0.05, 0.1) is 14.2 Å². The highest BCUT2D eigenvalue weighted by atomic mass is 16.5. The van der Waals surface area contributed by atoms with Crippen LogP contribution >= 0.6 is 0 Å². The van der Waals surface area contributed by atoms with E-state index in [0.717, 1.165) is 30.0 Å². The van der Waals surface area contributed by atoms with Gasteiger partial charge in [0, 0.05) is 30.9 Å². The summed E-state index contributed by atoms with van der Waals surface area (Å²) in [5, 5.41) is 3.32. The number of methoxy groups -OCH3 is 2. The molecule has 0 radical (unpaired) electrons. The van der Waals surface area contributed by atoms with Gasteiger partial charge < -0.3 is 19.7 Å². The molecule has 0 saturated heterocycles. The Bertz CT molecular complexity index is 822. The monoisotopic (exact) mass is 369 g/mol. The van der Waals surface area contributed by atoms with Crippen LogP contribution in [0.4, 0.5) is 5.82 Å². The molecule has 1 amide bonds. The van der Waals surface area contributed by atoms with Gasteiger partial charge in [-0.3, -0.25) is 4.79 Å². The fourth-order valence-corrected chi connectivity index (χ4v) is 3.24. The number of fused-ring (bicyclic) bond motifs is 1. The van der Waals surface area contributed by atoms with E-state index in [1.54, 1.807) is 26.5 Å². The number of amides is 1. The predicted octanol–water partition coefficient (Wildman–Crippen LogP) is 3.51. The highest BCUT2D eigenvalue weighted by molar-refractivity contribution is 5.95. The summed E-state index contributed by atoms with van der Waals surface area (Å²) in [5.41, 5.74) is 2.95. The molecule has 1 aromatic heterocycles. The Hall–Kier alpha value is -2.76. The third-order valence-corrected chi connectivity index (χ3v) is 5.02. The van der Waals surface area contributed by atoms with Crippen molar-refractivity contribution < 1.29 is 14.3 Å². The number of hydrogen-bond donors (Lipinski definition) is 1. The van der Waals surface area contributed by atoms with E-state index in [-0.39, 0.29) is 5.91 Å². The number of benzene rings is 1. The van der Waals surface area contributed by atoms with E-state index in [2.05, 4.69) is 24.1 Å². The molecule has 0 bridgehead atoms. The Balaban J connectivity index is 1.79. The maximum absolute atomic E-state index is 13.0. The van der Waals surface area contributed by atoms with Gasteiger partial charge in [-0.1, -0.05) is 6.92 Å². The van der Waals surface area contributed by atoms with E-state index >= 15 is 0 Å². The number of rotatable bonds is 6. The lowest BCUT2D eigenvalue weighted by atomic mass is 9.98. The SMILES string of the molecule is CCC(C)Nc1cc(C(=O)N2CCc3cc(OC)c(OC)cc3C2)ccn1. The van der Waals surface area contributed by atoms with Gasteiger partial charge in [0.2, 0.25) is 0 Å². The summed E-state index contributed by atoms with van der Waals surface area (Å²) in [6.07, 6.45) is 3.47. The number of carbonyl (C=O) groups excluding carboxylic acids is 1. The normalized spacial score (nSPS) is 14.3. The second kappa shape index (κ2) is 8.29. The van der Waals surface area contributed by atoms with Crippen LogP contribution in [-0.2, 0) is 13.0 Å². The fraction of sp³-hybridized carbons (Fsp3) is 0.429. The summed E-state index contributed by atoms with van der Waals surface area (Å²) in [6, 6.07) is 7.90. The minimum absolute atomic E-state index is 0.0186. The second-order valence-corrected chi connectivity index (χ2v) is 6.84. The molecule has 0 spiro atoms. The Kier molecular flexibility index (Phi) is 5.84. The molecule has 6 heteroatoms. The first kappa shape index (κ1) is 19.0. The van der Waals surface area contributed by atoms with E-state index in [1.807, 2.05) is 23.1 Å². The van der Waals surface area contributed by atoms with Gasteiger partial charge >= 0.3 is 0 Å². The lowest BCUT2D eigenvalue weighted by Crippen LogP contribution is -2.36. The number of nitrogens with zero attached hydrogens (tertiary/aromatic N) is 2. The first-order chi connectivity index (χ1) is 13.0. The topological polar surface area (TPSA) is 63.7 Å². The van der Waals surface area contributed by atoms with Crippen LogP contribution in [0.15, 0.2) is 30.5 Å². The molecular weight excluding hydrogens is 342 g/mol. The van der Waals surface area contributed by atoms with Crippen LogP contribution in [0.2, 0.25) is 0 Å². The summed E-state index contributed by atoms with van der Waals surface area (Å²) in [4.78, 5) is 19.2. The zero-order valence-electron chi connectivity index (χ0n) is 16.4. The molecule has 1 aliphatic heterocycles. The smallest absolute Gasteiger partial charge is 0.254 e. The van der Waals surface area contributed by atoms with Crippen LogP contribution in [0, 0.1) is 0 Å². The number of pyridine rings is 1. The summed E-state index contributed by atoms with van der Waals surface area (Å²) in [7, 11) is 3.26. The molecular formula is C21H27N3O3. The molecule has 2 aromatic rings. The molecule has 2 heterocycles. The maximum Gasteiger partial charge on any atom is 0.254 e. The number of ether oxygens (including phenoxy) is 2. The average Bonchev–Trinajstić information content (AvgIpc) is 2.71. The zero-order valence-corrected chi connectivity index (χ0v) is 16.4. The van der Waals surface area contributed by atoms with Crippen LogP contribution in [0.3, 0.4) is 0 Å². The third kappa shape index (κ3) is 4.15. The standard InChI is InChI=1S/C21H27N3O3/c1-5-14(2)23-20-12-16(6-8-22-20)21(25)24-9-7-15-10-18(26-3)19(27-4)11-17(15)13-24/h6,8,10-12,14H,5,7,9,13H2,1-4H3,(H,22,23). The van der Waals surface area contributed by atoms with Gasteiger partial charge in [-0.2, -0.15) is 0 Å². The molecule has 6 nitrogen and oxygen atoms in total. The van der Waals surface area contributed by atoms with Crippen molar-refractivity contribution in [2.45, 2.75) is 39.3 Å². The Morgan fingerprint density at radius 2 is 1.93 bits per heavy atom. The second-order valence-electron chi connectivity index (χ2n) is 6.84. The summed E-state index contributed by atoms with van der Waals surface area (Å²) >= 11 is 0. The molecule has 144 valence electrons. The first-order valence-corrected chi connectivity index (χ1v) is 9.31. The molecule has 0 fully saturated rings. The van der Waals surface area contributed by atoms with Crippen molar-refractivity contribution in [1.82, 2.24) is 9.88 Å². The van der Waals surface area contributed by atoms with Crippen molar-refractivity contribution in [1.29, 1.82) is 0 Å². The minimum Gasteiger partial charge on any atom is -0.493 e. The number of anilines is 1. The van der Waals surface area contributed by atoms with E-state index < -0.39 is 0 Å². The van der Waals surface area contributed by atoms with Crippen molar-refractivity contribution >= 4 is 11.7 Å². The molecule has 0 saturated carbocycles. The quantitative estimate of drug-likeness (QED) is 0.844. The Morgan fingerprint density at radius 1 is 1.22 bits per heavy atom. The molecule has 1 atom stereocenters. The highest BCUT2D eigenvalue weighted by Gasteiger charge is 2.24. The summed E-state index contributed by atoms with van der Waals surface area (Å²) in [5.74, 6) is 2.17. The number of nitrogens with one attached hydrogen (secondary N) is 1. The van der Waals surface area contributed by atoms with Gasteiger partial charge in [0.25, 0.3) is 5.91 Å². The Labute approximate surface area is 160 Å². The lowest BCUT2D eigenvalue weighted by molar-refractivity contribution is 0.0734. The highest BCUT2D eigenvalue weighted by Crippen LogP contribution is 2.33. The van der Waals surface area contributed by atoms with Crippen LogP contribution in [0.5, 0.6) is 11.5 Å². The minimum atomic E-state index is 0.0186. The van der Waals surface area contributed by atoms with E-state index in [9.17, 15) is 4.79 Å². The van der Waals surface area contributed by atoms with Gasteiger partial charge in [0.15, 0.2) is 11.5 Å². The lowest BCUT2D eigenvalue weighted by Gasteiger charge is -2.30. The van der Waals surface area contributed by atoms with Crippen molar-refractivity contribution in [2.75, 3.05) is 26.1 Å². The van der Waals surface area contributed by atoms with E-state index in [1.165, 1.54) is 5.56 Å². The number of aromatic nitrogens is 1. The largest absolute Gasteiger partial charge is 0.493 e. The predicted molar refractivity (Wildman–Crippen MR) is 106 cm³/mol. The molecule has 3 rings (SSSR count). The molecule has 1 aromatic carbocycles. The fourth-order valence-electron chi connectivity index (χ4n) is 3.24. The number of hydrogen-bond acceptors (Lipinski definition) is 5. The van der Waals surface area contributed by atoms with Gasteiger partial charge in [-0.15, -0.1) is 0 Å². The van der Waals surface area contributed by atoms with Gasteiger partial charge in [-0.25, -0.2) is 4.98 Å². The van der Waals surface area contributed by atoms with Crippen molar-refractivity contribution in [2.24, 2.45) is 0 Å². The van der Waals surface area contributed by atoms with E-state index in [0.29, 0.717) is 30.4 Å². The van der Waals surface area contributed by atoms with E-state index in [4.69, 9.17) is 9.47 Å². The summed E-state index contributed by atoms with van der Waals surface area (Å²) in [6.45, 7) is 5.45. The molecule has 1 aliphatic rings. The van der Waals surface area contributed by atoms with Crippen LogP contribution in [0.25, 0.3) is 0 Å². The van der Waals surface area contributed by atoms with Crippen molar-refractivity contribution in [3.05, 3.63) is 47.2 Å². The van der Waals surface area contributed by atoms with Gasteiger partial charge in [-0.05, 0) is 55.2 Å². The molecule has 27 heavy (non-hydrogen) atoms. The van der Waals surface area contributed by atoms with Crippen LogP contribution in [-0.4, -0.2) is 42.6 Å². The molecule has 1 N–H and O–H groups in total. The van der Waals surface area contributed by atoms with Crippen molar-refractivity contribution in [3.63, 3.8) is 0 Å². The third-order valence-electron chi connectivity index (χ3n) is 5.02.